The Kier molecular flexibility index (Phi) is 7.36. The third-order valence-corrected chi connectivity index (χ3v) is 2.62. The Morgan fingerprint density at radius 3 is 2.69 bits per heavy atom. The van der Waals surface area contributed by atoms with Gasteiger partial charge >= 0.3 is 0 Å². The van der Waals surface area contributed by atoms with Crippen LogP contribution in [0.2, 0.25) is 0 Å². The summed E-state index contributed by atoms with van der Waals surface area (Å²) < 4.78 is 1.03. The lowest BCUT2D eigenvalue weighted by molar-refractivity contribution is 0.261. The number of allylic oxidation sites excluding steroid dienone is 2. The van der Waals surface area contributed by atoms with Gasteiger partial charge in [-0.25, -0.2) is 5.43 Å². The van der Waals surface area contributed by atoms with Gasteiger partial charge in [-0.05, 0) is 20.3 Å². The van der Waals surface area contributed by atoms with Crippen molar-refractivity contribution in [2.45, 2.75) is 26.3 Å². The maximum atomic E-state index is 3.72. The molecule has 0 amide bonds. The first-order valence-corrected chi connectivity index (χ1v) is 6.00. The second-order valence-corrected chi connectivity index (χ2v) is 3.79. The normalized spacial score (nSPS) is 14.0. The molecule has 0 aliphatic rings. The van der Waals surface area contributed by atoms with E-state index >= 15 is 0 Å². The summed E-state index contributed by atoms with van der Waals surface area (Å²) in [6, 6.07) is 0.445. The molecular weight excluding hydrogens is 275 g/mol. The van der Waals surface area contributed by atoms with Crippen LogP contribution < -0.4 is 5.43 Å². The van der Waals surface area contributed by atoms with Crippen molar-refractivity contribution >= 4 is 22.6 Å². The zero-order valence-corrected chi connectivity index (χ0v) is 10.8. The Hall–Kier alpha value is -0.0300. The molecule has 0 heterocycles. The van der Waals surface area contributed by atoms with E-state index in [1.165, 1.54) is 5.70 Å². The van der Waals surface area contributed by atoms with E-state index in [4.69, 9.17) is 0 Å². The van der Waals surface area contributed by atoms with Crippen LogP contribution in [0.1, 0.15) is 20.3 Å². The van der Waals surface area contributed by atoms with Crippen LogP contribution in [0.15, 0.2) is 24.4 Å². The minimum Gasteiger partial charge on any atom is -0.315 e. The van der Waals surface area contributed by atoms with Crippen LogP contribution in [0.25, 0.3) is 0 Å². The quantitative estimate of drug-likeness (QED) is 0.351. The van der Waals surface area contributed by atoms with Gasteiger partial charge in [0.2, 0.25) is 0 Å². The Labute approximate surface area is 95.2 Å². The molecule has 0 saturated carbocycles. The van der Waals surface area contributed by atoms with E-state index < -0.39 is 0 Å². The summed E-state index contributed by atoms with van der Waals surface area (Å²) in [5.41, 5.74) is 4.67. The highest BCUT2D eigenvalue weighted by Crippen LogP contribution is 2.04. The van der Waals surface area contributed by atoms with Crippen molar-refractivity contribution in [1.82, 2.24) is 10.4 Å². The maximum Gasteiger partial charge on any atom is 0.0408 e. The van der Waals surface area contributed by atoms with E-state index in [1.54, 1.807) is 0 Å². The van der Waals surface area contributed by atoms with Crippen molar-refractivity contribution in [2.24, 2.45) is 0 Å². The predicted molar refractivity (Wildman–Crippen MR) is 67.8 cm³/mol. The van der Waals surface area contributed by atoms with Gasteiger partial charge < -0.3 is 5.01 Å². The molecule has 76 valence electrons. The van der Waals surface area contributed by atoms with Crippen molar-refractivity contribution < 1.29 is 0 Å². The summed E-state index contributed by atoms with van der Waals surface area (Å²) in [5.74, 6) is 0. The number of nitrogens with one attached hydrogen (secondary N) is 1. The first-order chi connectivity index (χ1) is 6.15. The molecule has 0 aromatic carbocycles. The number of hydrogen-bond donors (Lipinski definition) is 1. The fourth-order valence-corrected chi connectivity index (χ4v) is 2.03. The SMILES string of the molecule is C=CC[C@H](C)NN(C)/C(=C/C)CI. The van der Waals surface area contributed by atoms with E-state index in [0.717, 1.165) is 10.8 Å². The molecule has 0 unspecified atom stereocenters. The number of alkyl halides is 1. The van der Waals surface area contributed by atoms with Gasteiger partial charge in [-0.3, -0.25) is 0 Å². The molecule has 0 aromatic rings. The molecule has 0 spiro atoms. The van der Waals surface area contributed by atoms with Crippen LogP contribution in [0.5, 0.6) is 0 Å². The standard InChI is InChI=1S/C10H19IN2/c1-5-7-9(3)12-13(4)10(6-2)8-11/h5-6,9,12H,1,7-8H2,2-4H3/b10-6+/t9-/m0/s1. The lowest BCUT2D eigenvalue weighted by Gasteiger charge is -2.26. The summed E-state index contributed by atoms with van der Waals surface area (Å²) in [7, 11) is 2.05. The molecule has 0 aliphatic heterocycles. The van der Waals surface area contributed by atoms with Gasteiger partial charge in [0.15, 0.2) is 0 Å². The van der Waals surface area contributed by atoms with Gasteiger partial charge in [-0.1, -0.05) is 34.7 Å². The molecular formula is C10H19IN2. The molecule has 0 aliphatic carbocycles. The molecule has 0 rings (SSSR count). The van der Waals surface area contributed by atoms with Gasteiger partial charge in [-0.2, -0.15) is 0 Å². The predicted octanol–water partition coefficient (Wildman–Crippen LogP) is 2.73. The fourth-order valence-electron chi connectivity index (χ4n) is 1.08. The van der Waals surface area contributed by atoms with Crippen LogP contribution in [0.4, 0.5) is 0 Å². The number of hydrogen-bond acceptors (Lipinski definition) is 2. The van der Waals surface area contributed by atoms with Gasteiger partial charge in [-0.15, -0.1) is 6.58 Å². The molecule has 0 radical (unpaired) electrons. The summed E-state index contributed by atoms with van der Waals surface area (Å²) in [4.78, 5) is 0. The Balaban J connectivity index is 3.97. The van der Waals surface area contributed by atoms with Crippen LogP contribution in [-0.4, -0.2) is 22.5 Å². The van der Waals surface area contributed by atoms with Gasteiger partial charge in [0, 0.05) is 23.2 Å². The molecule has 2 nitrogen and oxygen atoms in total. The highest BCUT2D eigenvalue weighted by molar-refractivity contribution is 14.1. The van der Waals surface area contributed by atoms with E-state index in [2.05, 4.69) is 59.5 Å². The summed E-state index contributed by atoms with van der Waals surface area (Å²) >= 11 is 2.36. The molecule has 0 aromatic heterocycles. The minimum atomic E-state index is 0.445. The van der Waals surface area contributed by atoms with Crippen LogP contribution in [-0.2, 0) is 0 Å². The second-order valence-electron chi connectivity index (χ2n) is 3.03. The molecule has 1 atom stereocenters. The van der Waals surface area contributed by atoms with Crippen molar-refractivity contribution in [3.05, 3.63) is 24.4 Å². The molecule has 13 heavy (non-hydrogen) atoms. The maximum absolute atomic E-state index is 3.72. The van der Waals surface area contributed by atoms with Crippen molar-refractivity contribution in [2.75, 3.05) is 11.5 Å². The second kappa shape index (κ2) is 7.38. The van der Waals surface area contributed by atoms with E-state index in [-0.39, 0.29) is 0 Å². The smallest absolute Gasteiger partial charge is 0.0408 e. The minimum absolute atomic E-state index is 0.445. The van der Waals surface area contributed by atoms with E-state index in [9.17, 15) is 0 Å². The van der Waals surface area contributed by atoms with Crippen LogP contribution in [0, 0.1) is 0 Å². The van der Waals surface area contributed by atoms with Gasteiger partial charge in [0.25, 0.3) is 0 Å². The molecule has 3 heteroatoms. The average Bonchev–Trinajstić information content (AvgIpc) is 2.06. The molecule has 0 saturated heterocycles. The molecule has 0 fully saturated rings. The summed E-state index contributed by atoms with van der Waals surface area (Å²) in [5, 5.41) is 2.08. The zero-order chi connectivity index (χ0) is 10.3. The molecule has 0 bridgehead atoms. The van der Waals surface area contributed by atoms with Crippen molar-refractivity contribution in [1.29, 1.82) is 0 Å². The largest absolute Gasteiger partial charge is 0.315 e. The Morgan fingerprint density at radius 1 is 1.69 bits per heavy atom. The third-order valence-electron chi connectivity index (χ3n) is 1.84. The first-order valence-electron chi connectivity index (χ1n) is 4.47. The van der Waals surface area contributed by atoms with E-state index in [0.29, 0.717) is 6.04 Å². The van der Waals surface area contributed by atoms with Crippen LogP contribution in [0.3, 0.4) is 0 Å². The van der Waals surface area contributed by atoms with Crippen molar-refractivity contribution in [3.63, 3.8) is 0 Å². The zero-order valence-electron chi connectivity index (χ0n) is 8.68. The molecule has 1 N–H and O–H groups in total. The van der Waals surface area contributed by atoms with Crippen LogP contribution >= 0.6 is 22.6 Å². The van der Waals surface area contributed by atoms with E-state index in [1.807, 2.05) is 13.1 Å². The monoisotopic (exact) mass is 294 g/mol. The number of halogens is 1. The number of hydrazine groups is 1. The number of nitrogens with zero attached hydrogens (tertiary/aromatic N) is 1. The van der Waals surface area contributed by atoms with Crippen molar-refractivity contribution in [3.8, 4) is 0 Å². The number of rotatable bonds is 6. The Morgan fingerprint density at radius 2 is 2.31 bits per heavy atom. The highest BCUT2D eigenvalue weighted by Gasteiger charge is 2.04. The fraction of sp³-hybridized carbons (Fsp3) is 0.600. The lowest BCUT2D eigenvalue weighted by atomic mass is 10.2. The van der Waals surface area contributed by atoms with Gasteiger partial charge in [0.05, 0.1) is 0 Å². The van der Waals surface area contributed by atoms with Gasteiger partial charge in [0.1, 0.15) is 0 Å². The first kappa shape index (κ1) is 13.0. The topological polar surface area (TPSA) is 15.3 Å². The Bertz CT molecular complexity index is 178. The summed E-state index contributed by atoms with van der Waals surface area (Å²) in [6.07, 6.45) is 5.05. The summed E-state index contributed by atoms with van der Waals surface area (Å²) in [6.45, 7) is 7.93. The average molecular weight is 294 g/mol. The lowest BCUT2D eigenvalue weighted by Crippen LogP contribution is -2.40. The third kappa shape index (κ3) is 5.31. The highest BCUT2D eigenvalue weighted by atomic mass is 127.